The van der Waals surface area contributed by atoms with Crippen LogP contribution in [0.3, 0.4) is 0 Å². The molecule has 2 unspecified atom stereocenters. The molecule has 1 fully saturated rings. The van der Waals surface area contributed by atoms with E-state index >= 15 is 0 Å². The Morgan fingerprint density at radius 2 is 2.44 bits per heavy atom. The zero-order valence-corrected chi connectivity index (χ0v) is 10.0. The fourth-order valence-corrected chi connectivity index (χ4v) is 2.35. The van der Waals surface area contributed by atoms with Gasteiger partial charge in [-0.05, 0) is 25.7 Å². The molecule has 1 aliphatic rings. The standard InChI is InChI=1S/C12H20N2O2/c1-3-10-7-14(5-4-12(10)15)8-11-6-9(2)13-16-11/h6,10,12,15H,3-5,7-8H2,1-2H3. The molecule has 1 aromatic heterocycles. The number of piperidine rings is 1. The zero-order chi connectivity index (χ0) is 11.5. The van der Waals surface area contributed by atoms with Crippen molar-refractivity contribution in [3.63, 3.8) is 0 Å². The highest BCUT2D eigenvalue weighted by Gasteiger charge is 2.26. The lowest BCUT2D eigenvalue weighted by atomic mass is 9.92. The Hall–Kier alpha value is -0.870. The Labute approximate surface area is 96.2 Å². The molecule has 2 atom stereocenters. The molecule has 1 saturated heterocycles. The van der Waals surface area contributed by atoms with E-state index in [-0.39, 0.29) is 6.10 Å². The van der Waals surface area contributed by atoms with Crippen LogP contribution in [0.15, 0.2) is 10.6 Å². The van der Waals surface area contributed by atoms with Crippen molar-refractivity contribution in [1.29, 1.82) is 0 Å². The first kappa shape index (κ1) is 11.6. The molecular formula is C12H20N2O2. The van der Waals surface area contributed by atoms with Crippen LogP contribution in [0.1, 0.15) is 31.2 Å². The van der Waals surface area contributed by atoms with Crippen LogP contribution in [-0.4, -0.2) is 34.4 Å². The number of hydrogen-bond acceptors (Lipinski definition) is 4. The summed E-state index contributed by atoms with van der Waals surface area (Å²) in [5.74, 6) is 1.32. The van der Waals surface area contributed by atoms with Crippen molar-refractivity contribution in [3.05, 3.63) is 17.5 Å². The van der Waals surface area contributed by atoms with E-state index in [9.17, 15) is 5.11 Å². The van der Waals surface area contributed by atoms with Crippen LogP contribution < -0.4 is 0 Å². The average Bonchev–Trinajstić information content (AvgIpc) is 2.67. The summed E-state index contributed by atoms with van der Waals surface area (Å²) in [5, 5.41) is 13.7. The van der Waals surface area contributed by atoms with Crippen LogP contribution in [-0.2, 0) is 6.54 Å². The highest BCUT2D eigenvalue weighted by molar-refractivity contribution is 5.03. The van der Waals surface area contributed by atoms with Gasteiger partial charge in [0.2, 0.25) is 0 Å². The summed E-state index contributed by atoms with van der Waals surface area (Å²) in [6.45, 7) is 6.77. The molecule has 0 spiro atoms. The summed E-state index contributed by atoms with van der Waals surface area (Å²) in [4.78, 5) is 2.33. The zero-order valence-electron chi connectivity index (χ0n) is 10.0. The van der Waals surface area contributed by atoms with Gasteiger partial charge in [-0.2, -0.15) is 0 Å². The lowest BCUT2D eigenvalue weighted by Gasteiger charge is -2.35. The molecule has 0 aliphatic carbocycles. The lowest BCUT2D eigenvalue weighted by Crippen LogP contribution is -2.42. The molecule has 1 N–H and O–H groups in total. The normalized spacial score (nSPS) is 27.2. The summed E-state index contributed by atoms with van der Waals surface area (Å²) in [6.07, 6.45) is 1.77. The SMILES string of the molecule is CCC1CN(Cc2cc(C)no2)CCC1O. The van der Waals surface area contributed by atoms with Gasteiger partial charge in [-0.1, -0.05) is 12.1 Å². The third kappa shape index (κ3) is 2.62. The maximum atomic E-state index is 9.79. The summed E-state index contributed by atoms with van der Waals surface area (Å²) >= 11 is 0. The molecule has 0 bridgehead atoms. The monoisotopic (exact) mass is 224 g/mol. The summed E-state index contributed by atoms with van der Waals surface area (Å²) in [6, 6.07) is 1.98. The van der Waals surface area contributed by atoms with E-state index in [4.69, 9.17) is 4.52 Å². The van der Waals surface area contributed by atoms with Gasteiger partial charge in [-0.15, -0.1) is 0 Å². The lowest BCUT2D eigenvalue weighted by molar-refractivity contribution is 0.0193. The van der Waals surface area contributed by atoms with Crippen LogP contribution in [0, 0.1) is 12.8 Å². The van der Waals surface area contributed by atoms with E-state index in [1.54, 1.807) is 0 Å². The number of aromatic nitrogens is 1. The maximum Gasteiger partial charge on any atom is 0.150 e. The Bertz CT molecular complexity index is 338. The maximum absolute atomic E-state index is 9.79. The predicted molar refractivity (Wildman–Crippen MR) is 60.9 cm³/mol. The number of likely N-dealkylation sites (tertiary alicyclic amines) is 1. The fourth-order valence-electron chi connectivity index (χ4n) is 2.35. The largest absolute Gasteiger partial charge is 0.393 e. The quantitative estimate of drug-likeness (QED) is 0.846. The van der Waals surface area contributed by atoms with E-state index in [1.807, 2.05) is 13.0 Å². The van der Waals surface area contributed by atoms with Gasteiger partial charge in [-0.25, -0.2) is 0 Å². The van der Waals surface area contributed by atoms with Crippen LogP contribution in [0.2, 0.25) is 0 Å². The molecule has 2 rings (SSSR count). The van der Waals surface area contributed by atoms with Crippen LogP contribution >= 0.6 is 0 Å². The van der Waals surface area contributed by atoms with Gasteiger partial charge in [0, 0.05) is 19.2 Å². The number of hydrogen-bond donors (Lipinski definition) is 1. The fraction of sp³-hybridized carbons (Fsp3) is 0.750. The summed E-state index contributed by atoms with van der Waals surface area (Å²) < 4.78 is 5.21. The van der Waals surface area contributed by atoms with Crippen LogP contribution in [0.5, 0.6) is 0 Å². The Kier molecular flexibility index (Phi) is 3.61. The minimum absolute atomic E-state index is 0.127. The van der Waals surface area contributed by atoms with E-state index in [2.05, 4.69) is 17.0 Å². The second-order valence-corrected chi connectivity index (χ2v) is 4.69. The Morgan fingerprint density at radius 1 is 1.62 bits per heavy atom. The van der Waals surface area contributed by atoms with Gasteiger partial charge in [0.25, 0.3) is 0 Å². The van der Waals surface area contributed by atoms with Gasteiger partial charge in [0.1, 0.15) is 0 Å². The van der Waals surface area contributed by atoms with Gasteiger partial charge in [0.15, 0.2) is 5.76 Å². The molecule has 0 radical (unpaired) electrons. The molecular weight excluding hydrogens is 204 g/mol. The van der Waals surface area contributed by atoms with E-state index in [0.717, 1.165) is 43.9 Å². The van der Waals surface area contributed by atoms with Crippen molar-refractivity contribution >= 4 is 0 Å². The van der Waals surface area contributed by atoms with Crippen LogP contribution in [0.4, 0.5) is 0 Å². The molecule has 0 saturated carbocycles. The number of nitrogens with zero attached hydrogens (tertiary/aromatic N) is 2. The predicted octanol–water partition coefficient (Wildman–Crippen LogP) is 1.58. The highest BCUT2D eigenvalue weighted by atomic mass is 16.5. The van der Waals surface area contributed by atoms with Crippen molar-refractivity contribution in [2.45, 2.75) is 39.3 Å². The minimum Gasteiger partial charge on any atom is -0.393 e. The van der Waals surface area contributed by atoms with Gasteiger partial charge >= 0.3 is 0 Å². The molecule has 0 amide bonds. The van der Waals surface area contributed by atoms with E-state index in [0.29, 0.717) is 5.92 Å². The molecule has 4 nitrogen and oxygen atoms in total. The Morgan fingerprint density at radius 3 is 3.06 bits per heavy atom. The topological polar surface area (TPSA) is 49.5 Å². The number of aliphatic hydroxyl groups excluding tert-OH is 1. The first-order valence-electron chi connectivity index (χ1n) is 6.01. The number of aryl methyl sites for hydroxylation is 1. The third-order valence-electron chi connectivity index (χ3n) is 3.36. The second kappa shape index (κ2) is 4.97. The van der Waals surface area contributed by atoms with Crippen molar-refractivity contribution in [1.82, 2.24) is 10.1 Å². The minimum atomic E-state index is -0.127. The highest BCUT2D eigenvalue weighted by Crippen LogP contribution is 2.21. The molecule has 0 aromatic carbocycles. The summed E-state index contributed by atoms with van der Waals surface area (Å²) in [7, 11) is 0. The van der Waals surface area contributed by atoms with Gasteiger partial charge in [-0.3, -0.25) is 4.90 Å². The summed E-state index contributed by atoms with van der Waals surface area (Å²) in [5.41, 5.74) is 0.930. The molecule has 2 heterocycles. The van der Waals surface area contributed by atoms with Crippen molar-refractivity contribution < 1.29 is 9.63 Å². The Balaban J connectivity index is 1.91. The van der Waals surface area contributed by atoms with E-state index < -0.39 is 0 Å². The first-order valence-corrected chi connectivity index (χ1v) is 6.01. The van der Waals surface area contributed by atoms with Crippen molar-refractivity contribution in [2.75, 3.05) is 13.1 Å². The molecule has 1 aliphatic heterocycles. The number of aliphatic hydroxyl groups is 1. The van der Waals surface area contributed by atoms with Gasteiger partial charge < -0.3 is 9.63 Å². The number of rotatable bonds is 3. The molecule has 90 valence electrons. The van der Waals surface area contributed by atoms with Crippen molar-refractivity contribution in [3.8, 4) is 0 Å². The van der Waals surface area contributed by atoms with Gasteiger partial charge in [0.05, 0.1) is 18.3 Å². The molecule has 1 aromatic rings. The van der Waals surface area contributed by atoms with E-state index in [1.165, 1.54) is 0 Å². The third-order valence-corrected chi connectivity index (χ3v) is 3.36. The molecule has 4 heteroatoms. The smallest absolute Gasteiger partial charge is 0.150 e. The molecule has 16 heavy (non-hydrogen) atoms. The van der Waals surface area contributed by atoms with Crippen molar-refractivity contribution in [2.24, 2.45) is 5.92 Å². The second-order valence-electron chi connectivity index (χ2n) is 4.69. The first-order chi connectivity index (χ1) is 7.69. The van der Waals surface area contributed by atoms with Crippen LogP contribution in [0.25, 0.3) is 0 Å². The average molecular weight is 224 g/mol.